The molecule has 1 fully saturated rings. The maximum Gasteiger partial charge on any atom is 0.335 e. The van der Waals surface area contributed by atoms with E-state index in [0.29, 0.717) is 19.3 Å². The number of hydrogen-bond acceptors (Lipinski definition) is 11. The minimum Gasteiger partial charge on any atom is -0.479 e. The average molecular weight is 1120 g/mol. The Morgan fingerprint density at radius 1 is 0.418 bits per heavy atom. The number of carboxylic acids is 1. The molecule has 1 aliphatic heterocycles. The number of carbonyl (C=O) groups excluding carboxylic acids is 3. The Balaban J connectivity index is 2.63. The molecule has 0 aromatic rings. The van der Waals surface area contributed by atoms with E-state index in [1.54, 1.807) is 0 Å². The van der Waals surface area contributed by atoms with Gasteiger partial charge in [0.2, 0.25) is 0 Å². The number of aliphatic hydroxyl groups excluding tert-OH is 2. The summed E-state index contributed by atoms with van der Waals surface area (Å²) >= 11 is 0. The molecule has 460 valence electrons. The number of aliphatic carboxylic acids is 1. The van der Waals surface area contributed by atoms with Crippen molar-refractivity contribution in [3.63, 3.8) is 0 Å². The third-order valence-corrected chi connectivity index (χ3v) is 15.2. The van der Waals surface area contributed by atoms with E-state index in [-0.39, 0.29) is 25.9 Å². The third kappa shape index (κ3) is 45.2. The van der Waals surface area contributed by atoms with Crippen molar-refractivity contribution in [2.45, 2.75) is 353 Å². The summed E-state index contributed by atoms with van der Waals surface area (Å²) in [5, 5.41) is 31.6. The summed E-state index contributed by atoms with van der Waals surface area (Å²) in [5.41, 5.74) is 0. The van der Waals surface area contributed by atoms with Crippen LogP contribution >= 0.6 is 0 Å². The zero-order valence-electron chi connectivity index (χ0n) is 50.9. The van der Waals surface area contributed by atoms with Gasteiger partial charge in [-0.25, -0.2) is 4.79 Å². The van der Waals surface area contributed by atoms with Gasteiger partial charge >= 0.3 is 23.9 Å². The van der Waals surface area contributed by atoms with Gasteiger partial charge in [-0.05, 0) is 77.0 Å². The molecule has 0 aromatic heterocycles. The maximum absolute atomic E-state index is 13.2. The Hall–Kier alpha value is -3.06. The van der Waals surface area contributed by atoms with E-state index in [0.717, 1.165) is 83.5 Å². The smallest absolute Gasteiger partial charge is 0.335 e. The molecule has 0 spiro atoms. The molecule has 6 unspecified atom stereocenters. The third-order valence-electron chi connectivity index (χ3n) is 15.2. The molecule has 1 aliphatic rings. The Labute approximate surface area is 482 Å². The molecular formula is C67H120O12. The van der Waals surface area contributed by atoms with Crippen LogP contribution in [0.1, 0.15) is 316 Å². The van der Waals surface area contributed by atoms with Gasteiger partial charge in [-0.15, -0.1) is 0 Å². The van der Waals surface area contributed by atoms with Gasteiger partial charge in [0, 0.05) is 19.3 Å². The number of allylic oxidation sites excluding steroid dienone is 6. The van der Waals surface area contributed by atoms with Crippen LogP contribution in [0.2, 0.25) is 0 Å². The predicted molar refractivity (Wildman–Crippen MR) is 322 cm³/mol. The zero-order valence-corrected chi connectivity index (χ0v) is 50.9. The van der Waals surface area contributed by atoms with E-state index >= 15 is 0 Å². The number of ether oxygens (including phenoxy) is 5. The van der Waals surface area contributed by atoms with Crippen LogP contribution in [0.25, 0.3) is 0 Å². The molecule has 79 heavy (non-hydrogen) atoms. The van der Waals surface area contributed by atoms with Crippen LogP contribution in [0.4, 0.5) is 0 Å². The standard InChI is InChI=1S/C67H120O12/c1-4-7-10-13-16-19-22-25-27-29-30-32-34-37-40-43-46-49-52-55-61(70)78-65-63(72)62(71)64(66(73)74)79-67(65)76-57-58(77-60(69)54-51-48-45-42-39-35-24-21-18-15-12-9-6-3)56-75-59(68)53-50-47-44-41-38-36-33-31-28-26-23-20-17-14-11-8-5-2/h16,19,25-28,58,62-65,67,71-72H,4-15,17-18,20-24,29-57H2,1-3H3,(H,73,74)/b19-16-,27-25-,28-26-. The minimum atomic E-state index is -1.90. The van der Waals surface area contributed by atoms with Crippen LogP contribution in [0, 0.1) is 0 Å². The number of hydrogen-bond donors (Lipinski definition) is 3. The number of aliphatic hydroxyl groups is 2. The topological polar surface area (TPSA) is 175 Å². The maximum atomic E-state index is 13.2. The first-order chi connectivity index (χ1) is 38.6. The largest absolute Gasteiger partial charge is 0.479 e. The summed E-state index contributed by atoms with van der Waals surface area (Å²) in [5.74, 6) is -3.10. The number of rotatable bonds is 57. The normalized spacial score (nSPS) is 18.0. The molecule has 0 aliphatic carbocycles. The number of carbonyl (C=O) groups is 4. The Morgan fingerprint density at radius 2 is 0.759 bits per heavy atom. The lowest BCUT2D eigenvalue weighted by Gasteiger charge is -2.40. The summed E-state index contributed by atoms with van der Waals surface area (Å²) in [6, 6.07) is 0. The summed E-state index contributed by atoms with van der Waals surface area (Å²) in [7, 11) is 0. The lowest BCUT2D eigenvalue weighted by atomic mass is 9.98. The molecule has 1 heterocycles. The lowest BCUT2D eigenvalue weighted by Crippen LogP contribution is -2.61. The summed E-state index contributed by atoms with van der Waals surface area (Å²) in [4.78, 5) is 51.3. The highest BCUT2D eigenvalue weighted by atomic mass is 16.7. The van der Waals surface area contributed by atoms with Gasteiger partial charge in [0.1, 0.15) is 18.8 Å². The monoisotopic (exact) mass is 1120 g/mol. The molecule has 12 heteroatoms. The molecule has 1 saturated heterocycles. The van der Waals surface area contributed by atoms with E-state index in [9.17, 15) is 34.5 Å². The molecule has 3 N–H and O–H groups in total. The van der Waals surface area contributed by atoms with Gasteiger partial charge in [-0.1, -0.05) is 256 Å². The Bertz CT molecular complexity index is 1510. The highest BCUT2D eigenvalue weighted by Crippen LogP contribution is 2.27. The number of esters is 3. The van der Waals surface area contributed by atoms with Crippen LogP contribution in [-0.2, 0) is 42.9 Å². The van der Waals surface area contributed by atoms with Crippen LogP contribution in [0.15, 0.2) is 36.5 Å². The molecule has 0 bridgehead atoms. The van der Waals surface area contributed by atoms with Gasteiger partial charge in [0.05, 0.1) is 6.61 Å². The second-order valence-corrected chi connectivity index (χ2v) is 22.8. The second kappa shape index (κ2) is 55.5. The predicted octanol–water partition coefficient (Wildman–Crippen LogP) is 17.6. The van der Waals surface area contributed by atoms with E-state index in [1.165, 1.54) is 173 Å². The van der Waals surface area contributed by atoms with Gasteiger partial charge < -0.3 is 39.0 Å². The van der Waals surface area contributed by atoms with Crippen molar-refractivity contribution in [3.05, 3.63) is 36.5 Å². The van der Waals surface area contributed by atoms with Gasteiger partial charge in [0.15, 0.2) is 24.6 Å². The van der Waals surface area contributed by atoms with Crippen molar-refractivity contribution in [2.75, 3.05) is 13.2 Å². The van der Waals surface area contributed by atoms with E-state index < -0.39 is 67.3 Å². The first-order valence-corrected chi connectivity index (χ1v) is 33.0. The van der Waals surface area contributed by atoms with Crippen molar-refractivity contribution in [1.29, 1.82) is 0 Å². The van der Waals surface area contributed by atoms with Crippen molar-refractivity contribution >= 4 is 23.9 Å². The fourth-order valence-corrected chi connectivity index (χ4v) is 10.1. The first kappa shape index (κ1) is 74.0. The molecular weight excluding hydrogens is 997 g/mol. The minimum absolute atomic E-state index is 0.0587. The van der Waals surface area contributed by atoms with Crippen molar-refractivity contribution in [1.82, 2.24) is 0 Å². The highest BCUT2D eigenvalue weighted by molar-refractivity contribution is 5.74. The van der Waals surface area contributed by atoms with E-state index in [4.69, 9.17) is 23.7 Å². The molecule has 0 radical (unpaired) electrons. The summed E-state index contributed by atoms with van der Waals surface area (Å²) in [6.07, 6.45) is 53.8. The molecule has 12 nitrogen and oxygen atoms in total. The second-order valence-electron chi connectivity index (χ2n) is 22.8. The van der Waals surface area contributed by atoms with Crippen molar-refractivity contribution < 1.29 is 58.2 Å². The van der Waals surface area contributed by atoms with E-state index in [2.05, 4.69) is 57.2 Å². The number of carboxylic acid groups (broad SMARTS) is 1. The number of unbranched alkanes of at least 4 members (excludes halogenated alkanes) is 37. The lowest BCUT2D eigenvalue weighted by molar-refractivity contribution is -0.301. The Morgan fingerprint density at radius 3 is 1.18 bits per heavy atom. The van der Waals surface area contributed by atoms with Gasteiger partial charge in [-0.3, -0.25) is 14.4 Å². The first-order valence-electron chi connectivity index (χ1n) is 33.0. The fourth-order valence-electron chi connectivity index (χ4n) is 10.1. The van der Waals surface area contributed by atoms with Crippen LogP contribution in [0.5, 0.6) is 0 Å². The molecule has 0 aromatic carbocycles. The summed E-state index contributed by atoms with van der Waals surface area (Å²) < 4.78 is 28.5. The van der Waals surface area contributed by atoms with Gasteiger partial charge in [0.25, 0.3) is 0 Å². The summed E-state index contributed by atoms with van der Waals surface area (Å²) in [6.45, 7) is 6.01. The quantitative estimate of drug-likeness (QED) is 0.0228. The average Bonchev–Trinajstić information content (AvgIpc) is 3.46. The molecule has 1 rings (SSSR count). The SMILES string of the molecule is CCCCC/C=C\C/C=C\CCCCCCCCCCCC(=O)OC1C(OCC(COC(=O)CCCCCCCCC/C=C\CCCCCCCC)OC(=O)CCCCCCCCCCCCCCC)OC(C(=O)O)C(O)C1O. The Kier molecular flexibility index (Phi) is 51.9. The zero-order chi connectivity index (χ0) is 57.5. The van der Waals surface area contributed by atoms with Crippen molar-refractivity contribution in [3.8, 4) is 0 Å². The van der Waals surface area contributed by atoms with Crippen LogP contribution in [0.3, 0.4) is 0 Å². The fraction of sp³-hybridized carbons (Fsp3) is 0.851. The van der Waals surface area contributed by atoms with Crippen LogP contribution in [-0.4, -0.2) is 89.2 Å². The highest BCUT2D eigenvalue weighted by Gasteiger charge is 2.50. The van der Waals surface area contributed by atoms with E-state index in [1.807, 2.05) is 0 Å². The molecule has 6 atom stereocenters. The van der Waals surface area contributed by atoms with Gasteiger partial charge in [-0.2, -0.15) is 0 Å². The van der Waals surface area contributed by atoms with Crippen molar-refractivity contribution in [2.24, 2.45) is 0 Å². The molecule has 0 saturated carbocycles. The van der Waals surface area contributed by atoms with Crippen LogP contribution < -0.4 is 0 Å². The molecule has 0 amide bonds.